The number of methoxy groups -OCH3 is 2. The standard InChI is InChI=1S/C21H19NO5/c1-13-16(15-9-10-18(25-2)19(11-15)26-3)12-17(21(24)27-13)22-20(23)14-7-5-4-6-8-14/h4-12H,1-3H3,(H,22,23). The summed E-state index contributed by atoms with van der Waals surface area (Å²) in [6, 6.07) is 15.6. The molecule has 138 valence electrons. The van der Waals surface area contributed by atoms with Crippen molar-refractivity contribution in [1.82, 2.24) is 0 Å². The van der Waals surface area contributed by atoms with Crippen LogP contribution in [0.4, 0.5) is 5.69 Å². The topological polar surface area (TPSA) is 77.8 Å². The maximum Gasteiger partial charge on any atom is 0.359 e. The second-order valence-corrected chi connectivity index (χ2v) is 5.81. The summed E-state index contributed by atoms with van der Waals surface area (Å²) in [5.74, 6) is 1.19. The Hall–Kier alpha value is -3.54. The third kappa shape index (κ3) is 3.84. The van der Waals surface area contributed by atoms with Crippen LogP contribution < -0.4 is 20.4 Å². The van der Waals surface area contributed by atoms with E-state index in [1.54, 1.807) is 63.6 Å². The largest absolute Gasteiger partial charge is 0.493 e. The first-order valence-corrected chi connectivity index (χ1v) is 8.27. The zero-order valence-electron chi connectivity index (χ0n) is 15.2. The molecule has 1 heterocycles. The lowest BCUT2D eigenvalue weighted by atomic mass is 10.0. The number of rotatable bonds is 5. The molecule has 0 unspecified atom stereocenters. The maximum atomic E-state index is 12.4. The van der Waals surface area contributed by atoms with Gasteiger partial charge < -0.3 is 19.2 Å². The molecule has 0 saturated heterocycles. The molecule has 0 aliphatic carbocycles. The van der Waals surface area contributed by atoms with Gasteiger partial charge in [0.25, 0.3) is 5.91 Å². The molecule has 0 bridgehead atoms. The van der Waals surface area contributed by atoms with E-state index >= 15 is 0 Å². The molecule has 0 aliphatic heterocycles. The average molecular weight is 365 g/mol. The Bertz CT molecular complexity index is 1020. The molecule has 0 spiro atoms. The number of ether oxygens (including phenoxy) is 2. The number of amides is 1. The minimum absolute atomic E-state index is 0.0687. The van der Waals surface area contributed by atoms with E-state index in [1.165, 1.54) is 0 Å². The quantitative estimate of drug-likeness (QED) is 0.742. The van der Waals surface area contributed by atoms with E-state index in [1.807, 2.05) is 12.1 Å². The molecule has 1 aromatic heterocycles. The van der Waals surface area contributed by atoms with Crippen LogP contribution in [-0.2, 0) is 0 Å². The first kappa shape index (κ1) is 18.3. The highest BCUT2D eigenvalue weighted by molar-refractivity contribution is 6.04. The van der Waals surface area contributed by atoms with Gasteiger partial charge in [-0.2, -0.15) is 0 Å². The Balaban J connectivity index is 2.00. The minimum Gasteiger partial charge on any atom is -0.493 e. The first-order valence-electron chi connectivity index (χ1n) is 8.27. The fourth-order valence-electron chi connectivity index (χ4n) is 2.72. The highest BCUT2D eigenvalue weighted by Gasteiger charge is 2.15. The van der Waals surface area contributed by atoms with Gasteiger partial charge in [-0.1, -0.05) is 24.3 Å². The van der Waals surface area contributed by atoms with E-state index in [2.05, 4.69) is 5.32 Å². The molecule has 1 amide bonds. The van der Waals surface area contributed by atoms with Crippen LogP contribution in [0.1, 0.15) is 16.1 Å². The number of carbonyl (C=O) groups excluding carboxylic acids is 1. The minimum atomic E-state index is -0.610. The molecule has 0 fully saturated rings. The maximum absolute atomic E-state index is 12.4. The highest BCUT2D eigenvalue weighted by Crippen LogP contribution is 2.34. The second kappa shape index (κ2) is 7.78. The lowest BCUT2D eigenvalue weighted by molar-refractivity contribution is 0.102. The van der Waals surface area contributed by atoms with Gasteiger partial charge in [-0.25, -0.2) is 4.79 Å². The fourth-order valence-corrected chi connectivity index (χ4v) is 2.72. The van der Waals surface area contributed by atoms with Crippen LogP contribution in [0.3, 0.4) is 0 Å². The Morgan fingerprint density at radius 3 is 2.33 bits per heavy atom. The van der Waals surface area contributed by atoms with Crippen LogP contribution in [0.15, 0.2) is 63.8 Å². The van der Waals surface area contributed by atoms with Crippen LogP contribution in [0.5, 0.6) is 11.5 Å². The molecule has 2 aromatic carbocycles. The number of hydrogen-bond acceptors (Lipinski definition) is 5. The lowest BCUT2D eigenvalue weighted by Gasteiger charge is -2.12. The monoisotopic (exact) mass is 365 g/mol. The van der Waals surface area contributed by atoms with Crippen molar-refractivity contribution in [3.8, 4) is 22.6 Å². The van der Waals surface area contributed by atoms with Gasteiger partial charge in [0.2, 0.25) is 0 Å². The third-order valence-electron chi connectivity index (χ3n) is 4.11. The predicted molar refractivity (Wildman–Crippen MR) is 103 cm³/mol. The Kier molecular flexibility index (Phi) is 5.26. The van der Waals surface area contributed by atoms with Gasteiger partial charge >= 0.3 is 5.63 Å². The van der Waals surface area contributed by atoms with Crippen molar-refractivity contribution in [2.24, 2.45) is 0 Å². The van der Waals surface area contributed by atoms with Gasteiger partial charge in [-0.15, -0.1) is 0 Å². The van der Waals surface area contributed by atoms with Crippen molar-refractivity contribution in [3.05, 3.63) is 76.3 Å². The van der Waals surface area contributed by atoms with E-state index in [-0.39, 0.29) is 11.6 Å². The second-order valence-electron chi connectivity index (χ2n) is 5.81. The number of anilines is 1. The SMILES string of the molecule is COc1ccc(-c2cc(NC(=O)c3ccccc3)c(=O)oc2C)cc1OC. The summed E-state index contributed by atoms with van der Waals surface area (Å²) in [5, 5.41) is 2.61. The summed E-state index contributed by atoms with van der Waals surface area (Å²) in [6.45, 7) is 1.69. The number of aryl methyl sites for hydroxylation is 1. The molecule has 3 rings (SSSR count). The summed E-state index contributed by atoms with van der Waals surface area (Å²) in [6.07, 6.45) is 0. The van der Waals surface area contributed by atoms with Crippen LogP contribution in [0.25, 0.3) is 11.1 Å². The van der Waals surface area contributed by atoms with Gasteiger partial charge in [-0.3, -0.25) is 4.79 Å². The van der Waals surface area contributed by atoms with Gasteiger partial charge in [-0.05, 0) is 42.8 Å². The smallest absolute Gasteiger partial charge is 0.359 e. The highest BCUT2D eigenvalue weighted by atomic mass is 16.5. The van der Waals surface area contributed by atoms with Crippen molar-refractivity contribution in [2.75, 3.05) is 19.5 Å². The molecule has 1 N–H and O–H groups in total. The Morgan fingerprint density at radius 2 is 1.67 bits per heavy atom. The number of nitrogens with one attached hydrogen (secondary N) is 1. The molecular formula is C21H19NO5. The van der Waals surface area contributed by atoms with Crippen molar-refractivity contribution in [2.45, 2.75) is 6.92 Å². The summed E-state index contributed by atoms with van der Waals surface area (Å²) in [4.78, 5) is 24.5. The molecule has 6 nitrogen and oxygen atoms in total. The third-order valence-corrected chi connectivity index (χ3v) is 4.11. The molecule has 27 heavy (non-hydrogen) atoms. The number of hydrogen-bond donors (Lipinski definition) is 1. The molecule has 6 heteroatoms. The van der Waals surface area contributed by atoms with Crippen molar-refractivity contribution in [1.29, 1.82) is 0 Å². The van der Waals surface area contributed by atoms with Gasteiger partial charge in [0.15, 0.2) is 11.5 Å². The van der Waals surface area contributed by atoms with E-state index in [0.717, 1.165) is 5.56 Å². The molecule has 3 aromatic rings. The predicted octanol–water partition coefficient (Wildman–Crippen LogP) is 3.88. The Labute approximate surface area is 156 Å². The average Bonchev–Trinajstić information content (AvgIpc) is 2.70. The van der Waals surface area contributed by atoms with Crippen LogP contribution in [0, 0.1) is 6.92 Å². The molecular weight excluding hydrogens is 346 g/mol. The lowest BCUT2D eigenvalue weighted by Crippen LogP contribution is -2.18. The zero-order valence-corrected chi connectivity index (χ0v) is 15.2. The van der Waals surface area contributed by atoms with E-state index in [9.17, 15) is 9.59 Å². The van der Waals surface area contributed by atoms with Crippen molar-refractivity contribution < 1.29 is 18.7 Å². The first-order chi connectivity index (χ1) is 13.0. The Morgan fingerprint density at radius 1 is 0.963 bits per heavy atom. The number of carbonyl (C=O) groups is 1. The normalized spacial score (nSPS) is 10.3. The van der Waals surface area contributed by atoms with E-state index in [0.29, 0.717) is 28.4 Å². The molecule has 0 atom stereocenters. The van der Waals surface area contributed by atoms with Gasteiger partial charge in [0.05, 0.1) is 14.2 Å². The molecule has 0 radical (unpaired) electrons. The van der Waals surface area contributed by atoms with E-state index < -0.39 is 5.63 Å². The molecule has 0 aliphatic rings. The van der Waals surface area contributed by atoms with Crippen LogP contribution in [-0.4, -0.2) is 20.1 Å². The fraction of sp³-hybridized carbons (Fsp3) is 0.143. The number of benzene rings is 2. The zero-order chi connectivity index (χ0) is 19.4. The molecule has 0 saturated carbocycles. The van der Waals surface area contributed by atoms with Crippen molar-refractivity contribution >= 4 is 11.6 Å². The van der Waals surface area contributed by atoms with Gasteiger partial charge in [0.1, 0.15) is 11.4 Å². The van der Waals surface area contributed by atoms with Gasteiger partial charge in [0, 0.05) is 11.1 Å². The summed E-state index contributed by atoms with van der Waals surface area (Å²) >= 11 is 0. The van der Waals surface area contributed by atoms with Crippen LogP contribution in [0.2, 0.25) is 0 Å². The van der Waals surface area contributed by atoms with Crippen LogP contribution >= 0.6 is 0 Å². The van der Waals surface area contributed by atoms with Crippen molar-refractivity contribution in [3.63, 3.8) is 0 Å². The summed E-state index contributed by atoms with van der Waals surface area (Å²) in [5.41, 5.74) is 1.34. The van der Waals surface area contributed by atoms with E-state index in [4.69, 9.17) is 13.9 Å². The summed E-state index contributed by atoms with van der Waals surface area (Å²) < 4.78 is 15.9. The summed E-state index contributed by atoms with van der Waals surface area (Å²) in [7, 11) is 3.10.